The molecule has 2 aromatic rings. The number of benzene rings is 1. The van der Waals surface area contributed by atoms with Crippen LogP contribution in [0, 0.1) is 6.92 Å². The van der Waals surface area contributed by atoms with E-state index in [-0.39, 0.29) is 23.5 Å². The summed E-state index contributed by atoms with van der Waals surface area (Å²) >= 11 is 0. The zero-order valence-corrected chi connectivity index (χ0v) is 15.0. The van der Waals surface area contributed by atoms with E-state index in [0.717, 1.165) is 5.56 Å². The zero-order chi connectivity index (χ0) is 19.3. The molecule has 0 bridgehead atoms. The molecule has 1 amide bonds. The summed E-state index contributed by atoms with van der Waals surface area (Å²) in [5.74, 6) is -0.0726. The summed E-state index contributed by atoms with van der Waals surface area (Å²) in [5, 5.41) is 11.7. The summed E-state index contributed by atoms with van der Waals surface area (Å²) < 4.78 is 15.8. The molecule has 2 N–H and O–H groups in total. The number of carboxylic acids is 1. The minimum atomic E-state index is -1.08. The maximum absolute atomic E-state index is 12.3. The van der Waals surface area contributed by atoms with Gasteiger partial charge < -0.3 is 24.6 Å². The van der Waals surface area contributed by atoms with Gasteiger partial charge in [-0.15, -0.1) is 0 Å². The fraction of sp³-hybridized carbons (Fsp3) is 0.278. The molecular formula is C18H20N2O6. The van der Waals surface area contributed by atoms with E-state index in [4.69, 9.17) is 19.3 Å². The molecule has 8 heteroatoms. The Balaban J connectivity index is 2.17. The minimum Gasteiger partial charge on any atom is -0.493 e. The van der Waals surface area contributed by atoms with E-state index in [9.17, 15) is 9.59 Å². The maximum atomic E-state index is 12.3. The molecule has 8 nitrogen and oxygen atoms in total. The van der Waals surface area contributed by atoms with Gasteiger partial charge in [-0.25, -0.2) is 9.78 Å². The van der Waals surface area contributed by atoms with Gasteiger partial charge in [0.2, 0.25) is 5.75 Å². The predicted molar refractivity (Wildman–Crippen MR) is 93.2 cm³/mol. The number of carbonyl (C=O) groups is 2. The second-order valence-corrected chi connectivity index (χ2v) is 5.35. The SMILES string of the molecule is COc1cc(CNC(=O)c2ccc(C(=O)O)c(C)n2)cc(OC)c1OC. The lowest BCUT2D eigenvalue weighted by molar-refractivity contribution is 0.0694. The number of hydrogen-bond acceptors (Lipinski definition) is 6. The maximum Gasteiger partial charge on any atom is 0.337 e. The number of amides is 1. The molecule has 0 spiro atoms. The van der Waals surface area contributed by atoms with Crippen molar-refractivity contribution in [3.05, 3.63) is 46.8 Å². The summed E-state index contributed by atoms with van der Waals surface area (Å²) in [5.41, 5.74) is 1.22. The number of aromatic carboxylic acids is 1. The highest BCUT2D eigenvalue weighted by molar-refractivity contribution is 5.94. The second kappa shape index (κ2) is 8.19. The molecule has 0 saturated carbocycles. The highest BCUT2D eigenvalue weighted by atomic mass is 16.5. The number of aromatic nitrogens is 1. The number of carbonyl (C=O) groups excluding carboxylic acids is 1. The van der Waals surface area contributed by atoms with E-state index >= 15 is 0 Å². The van der Waals surface area contributed by atoms with Crippen molar-refractivity contribution in [1.29, 1.82) is 0 Å². The molecule has 0 fully saturated rings. The number of nitrogens with one attached hydrogen (secondary N) is 1. The summed E-state index contributed by atoms with van der Waals surface area (Å²) in [7, 11) is 4.53. The number of nitrogens with zero attached hydrogens (tertiary/aromatic N) is 1. The van der Waals surface area contributed by atoms with E-state index < -0.39 is 11.9 Å². The molecule has 0 aliphatic carbocycles. The Bertz CT molecular complexity index is 809. The molecule has 1 aromatic carbocycles. The Kier molecular flexibility index (Phi) is 6.00. The molecule has 0 aliphatic rings. The molecule has 138 valence electrons. The number of carboxylic acid groups (broad SMARTS) is 1. The molecule has 0 aliphatic heterocycles. The number of methoxy groups -OCH3 is 3. The molecule has 0 unspecified atom stereocenters. The van der Waals surface area contributed by atoms with Crippen LogP contribution in [0.2, 0.25) is 0 Å². The number of aryl methyl sites for hydroxylation is 1. The molecule has 2 rings (SSSR count). The average Bonchev–Trinajstić information content (AvgIpc) is 2.64. The van der Waals surface area contributed by atoms with Gasteiger partial charge in [0.1, 0.15) is 5.69 Å². The van der Waals surface area contributed by atoms with Crippen LogP contribution >= 0.6 is 0 Å². The summed E-state index contributed by atoms with van der Waals surface area (Å²) in [6, 6.07) is 6.20. The topological polar surface area (TPSA) is 107 Å². The molecule has 1 aromatic heterocycles. The van der Waals surface area contributed by atoms with Crippen LogP contribution in [-0.4, -0.2) is 43.3 Å². The van der Waals surface area contributed by atoms with Gasteiger partial charge >= 0.3 is 5.97 Å². The fourth-order valence-electron chi connectivity index (χ4n) is 2.42. The Morgan fingerprint density at radius 2 is 1.69 bits per heavy atom. The summed E-state index contributed by atoms with van der Waals surface area (Å²) in [6.07, 6.45) is 0. The van der Waals surface area contributed by atoms with Crippen molar-refractivity contribution in [2.75, 3.05) is 21.3 Å². The molecule has 0 radical (unpaired) electrons. The van der Waals surface area contributed by atoms with Gasteiger partial charge in [-0.1, -0.05) is 0 Å². The minimum absolute atomic E-state index is 0.0613. The van der Waals surface area contributed by atoms with Gasteiger partial charge in [-0.2, -0.15) is 0 Å². The first kappa shape index (κ1) is 19.0. The Labute approximate surface area is 150 Å². The predicted octanol–water partition coefficient (Wildman–Crippen LogP) is 2.04. The second-order valence-electron chi connectivity index (χ2n) is 5.35. The monoisotopic (exact) mass is 360 g/mol. The quantitative estimate of drug-likeness (QED) is 0.778. The third-order valence-corrected chi connectivity index (χ3v) is 3.73. The van der Waals surface area contributed by atoms with Crippen LogP contribution in [0.5, 0.6) is 17.2 Å². The number of hydrogen-bond donors (Lipinski definition) is 2. The van der Waals surface area contributed by atoms with Gasteiger partial charge in [-0.3, -0.25) is 4.79 Å². The summed E-state index contributed by atoms with van der Waals surface area (Å²) in [6.45, 7) is 1.75. The fourth-order valence-corrected chi connectivity index (χ4v) is 2.42. The van der Waals surface area contributed by atoms with Gasteiger partial charge in [0, 0.05) is 6.54 Å². The first-order chi connectivity index (χ1) is 12.4. The van der Waals surface area contributed by atoms with Crippen LogP contribution in [0.1, 0.15) is 32.1 Å². The first-order valence-corrected chi connectivity index (χ1v) is 7.69. The lowest BCUT2D eigenvalue weighted by Crippen LogP contribution is -2.24. The van der Waals surface area contributed by atoms with Crippen LogP contribution < -0.4 is 19.5 Å². The lowest BCUT2D eigenvalue weighted by atomic mass is 10.1. The standard InChI is InChI=1S/C18H20N2O6/c1-10-12(18(22)23)5-6-13(20-10)17(21)19-9-11-7-14(24-2)16(26-4)15(8-11)25-3/h5-8H,9H2,1-4H3,(H,19,21)(H,22,23). The van der Waals surface area contributed by atoms with E-state index in [1.165, 1.54) is 33.5 Å². The normalized spacial score (nSPS) is 10.2. The number of pyridine rings is 1. The third-order valence-electron chi connectivity index (χ3n) is 3.73. The van der Waals surface area contributed by atoms with Crippen LogP contribution in [0.4, 0.5) is 0 Å². The smallest absolute Gasteiger partial charge is 0.337 e. The number of rotatable bonds is 7. The van der Waals surface area contributed by atoms with Crippen molar-refractivity contribution < 1.29 is 28.9 Å². The highest BCUT2D eigenvalue weighted by Gasteiger charge is 2.15. The van der Waals surface area contributed by atoms with E-state index in [2.05, 4.69) is 10.3 Å². The lowest BCUT2D eigenvalue weighted by Gasteiger charge is -2.14. The third kappa shape index (κ3) is 4.02. The number of ether oxygens (including phenoxy) is 3. The van der Waals surface area contributed by atoms with Crippen LogP contribution in [0.15, 0.2) is 24.3 Å². The van der Waals surface area contributed by atoms with Crippen molar-refractivity contribution in [3.8, 4) is 17.2 Å². The van der Waals surface area contributed by atoms with Crippen molar-refractivity contribution in [2.24, 2.45) is 0 Å². The van der Waals surface area contributed by atoms with Crippen molar-refractivity contribution in [2.45, 2.75) is 13.5 Å². The van der Waals surface area contributed by atoms with Crippen molar-refractivity contribution in [3.63, 3.8) is 0 Å². The van der Waals surface area contributed by atoms with E-state index in [1.807, 2.05) is 0 Å². The van der Waals surface area contributed by atoms with Crippen molar-refractivity contribution >= 4 is 11.9 Å². The molecule has 26 heavy (non-hydrogen) atoms. The van der Waals surface area contributed by atoms with Crippen LogP contribution in [0.25, 0.3) is 0 Å². The van der Waals surface area contributed by atoms with Gasteiger partial charge in [0.05, 0.1) is 32.6 Å². The van der Waals surface area contributed by atoms with E-state index in [1.54, 1.807) is 19.1 Å². The first-order valence-electron chi connectivity index (χ1n) is 7.69. The van der Waals surface area contributed by atoms with Gasteiger partial charge in [0.25, 0.3) is 5.91 Å². The van der Waals surface area contributed by atoms with E-state index in [0.29, 0.717) is 17.2 Å². The molecule has 1 heterocycles. The van der Waals surface area contributed by atoms with Crippen LogP contribution in [-0.2, 0) is 6.54 Å². The molecular weight excluding hydrogens is 340 g/mol. The Morgan fingerprint density at radius 1 is 1.08 bits per heavy atom. The Morgan fingerprint density at radius 3 is 2.15 bits per heavy atom. The average molecular weight is 360 g/mol. The Hall–Kier alpha value is -3.29. The van der Waals surface area contributed by atoms with Crippen molar-refractivity contribution in [1.82, 2.24) is 10.3 Å². The molecule has 0 saturated heterocycles. The summed E-state index contributed by atoms with van der Waals surface area (Å²) in [4.78, 5) is 27.3. The largest absolute Gasteiger partial charge is 0.493 e. The van der Waals surface area contributed by atoms with Gasteiger partial charge in [-0.05, 0) is 36.8 Å². The van der Waals surface area contributed by atoms with Crippen LogP contribution in [0.3, 0.4) is 0 Å². The van der Waals surface area contributed by atoms with Gasteiger partial charge in [0.15, 0.2) is 11.5 Å². The molecule has 0 atom stereocenters. The zero-order valence-electron chi connectivity index (χ0n) is 15.0. The highest BCUT2D eigenvalue weighted by Crippen LogP contribution is 2.38.